The van der Waals surface area contributed by atoms with E-state index in [-0.39, 0.29) is 0 Å². The van der Waals surface area contributed by atoms with Crippen LogP contribution in [0.2, 0.25) is 0 Å². The van der Waals surface area contributed by atoms with Crippen molar-refractivity contribution in [1.29, 1.82) is 0 Å². The molecule has 19 heavy (non-hydrogen) atoms. The molecule has 1 aliphatic rings. The van der Waals surface area contributed by atoms with Gasteiger partial charge >= 0.3 is 0 Å². The van der Waals surface area contributed by atoms with Crippen molar-refractivity contribution < 1.29 is 0 Å². The van der Waals surface area contributed by atoms with Gasteiger partial charge in [-0.3, -0.25) is 4.98 Å². The molecule has 1 aromatic heterocycles. The minimum absolute atomic E-state index is 0.487. The number of nitrogens with zero attached hydrogens (tertiary/aromatic N) is 1. The maximum atomic E-state index is 4.23. The van der Waals surface area contributed by atoms with Crippen LogP contribution in [0.3, 0.4) is 0 Å². The highest BCUT2D eigenvalue weighted by atomic mass is 14.9. The standard InChI is InChI=1S/C17H22N2/c1-2-19-17(11-13-5-3-6-13)16-8-4-7-14-12-18-10-9-15(14)16/h4,7-10,12-13,17,19H,2-3,5-6,11H2,1H3. The minimum Gasteiger partial charge on any atom is -0.310 e. The first kappa shape index (κ1) is 12.6. The Kier molecular flexibility index (Phi) is 3.79. The van der Waals surface area contributed by atoms with Gasteiger partial charge in [0.1, 0.15) is 0 Å². The summed E-state index contributed by atoms with van der Waals surface area (Å²) >= 11 is 0. The lowest BCUT2D eigenvalue weighted by molar-refractivity contribution is 0.263. The average Bonchev–Trinajstić information content (AvgIpc) is 2.41. The molecule has 1 aliphatic carbocycles. The lowest BCUT2D eigenvalue weighted by Gasteiger charge is -2.30. The van der Waals surface area contributed by atoms with Gasteiger partial charge < -0.3 is 5.32 Å². The monoisotopic (exact) mass is 254 g/mol. The number of hydrogen-bond acceptors (Lipinski definition) is 2. The van der Waals surface area contributed by atoms with Gasteiger partial charge in [0.05, 0.1) is 0 Å². The second kappa shape index (κ2) is 5.70. The van der Waals surface area contributed by atoms with Crippen molar-refractivity contribution in [3.05, 3.63) is 42.2 Å². The first-order valence-electron chi connectivity index (χ1n) is 7.44. The molecule has 1 saturated carbocycles. The van der Waals surface area contributed by atoms with Gasteiger partial charge in [0.15, 0.2) is 0 Å². The molecule has 100 valence electrons. The summed E-state index contributed by atoms with van der Waals surface area (Å²) in [5, 5.41) is 6.27. The van der Waals surface area contributed by atoms with Crippen LogP contribution in [0.1, 0.15) is 44.2 Å². The van der Waals surface area contributed by atoms with Gasteiger partial charge in [-0.2, -0.15) is 0 Å². The van der Waals surface area contributed by atoms with Crippen molar-refractivity contribution in [3.63, 3.8) is 0 Å². The Morgan fingerprint density at radius 1 is 1.32 bits per heavy atom. The lowest BCUT2D eigenvalue weighted by atomic mass is 9.79. The van der Waals surface area contributed by atoms with Crippen LogP contribution in [0.15, 0.2) is 36.7 Å². The molecule has 0 spiro atoms. The van der Waals surface area contributed by atoms with Crippen molar-refractivity contribution in [2.24, 2.45) is 5.92 Å². The maximum absolute atomic E-state index is 4.23. The maximum Gasteiger partial charge on any atom is 0.0346 e. The minimum atomic E-state index is 0.487. The number of rotatable bonds is 5. The molecular formula is C17H22N2. The zero-order valence-corrected chi connectivity index (χ0v) is 11.6. The highest BCUT2D eigenvalue weighted by molar-refractivity contribution is 5.85. The zero-order chi connectivity index (χ0) is 13.1. The van der Waals surface area contributed by atoms with Crippen LogP contribution >= 0.6 is 0 Å². The fourth-order valence-electron chi connectivity index (χ4n) is 3.08. The molecule has 1 atom stereocenters. The molecule has 1 N–H and O–H groups in total. The van der Waals surface area contributed by atoms with Gasteiger partial charge in [0.25, 0.3) is 0 Å². The van der Waals surface area contributed by atoms with Crippen molar-refractivity contribution >= 4 is 10.8 Å². The fraction of sp³-hybridized carbons (Fsp3) is 0.471. The Morgan fingerprint density at radius 3 is 2.95 bits per heavy atom. The number of hydrogen-bond donors (Lipinski definition) is 1. The van der Waals surface area contributed by atoms with Crippen LogP contribution in [-0.2, 0) is 0 Å². The molecule has 1 fully saturated rings. The molecule has 0 radical (unpaired) electrons. The molecule has 0 amide bonds. The van der Waals surface area contributed by atoms with E-state index in [2.05, 4.69) is 41.5 Å². The highest BCUT2D eigenvalue weighted by Crippen LogP contribution is 2.36. The van der Waals surface area contributed by atoms with Crippen molar-refractivity contribution in [3.8, 4) is 0 Å². The second-order valence-electron chi connectivity index (χ2n) is 5.59. The molecular weight excluding hydrogens is 232 g/mol. The molecule has 2 aromatic rings. The normalized spacial score (nSPS) is 17.3. The van der Waals surface area contributed by atoms with E-state index < -0.39 is 0 Å². The van der Waals surface area contributed by atoms with E-state index in [9.17, 15) is 0 Å². The summed E-state index contributed by atoms with van der Waals surface area (Å²) < 4.78 is 0. The van der Waals surface area contributed by atoms with Crippen LogP contribution < -0.4 is 5.32 Å². The van der Waals surface area contributed by atoms with E-state index in [1.807, 2.05) is 12.4 Å². The van der Waals surface area contributed by atoms with E-state index in [0.29, 0.717) is 6.04 Å². The van der Waals surface area contributed by atoms with Crippen LogP contribution in [0.4, 0.5) is 0 Å². The number of benzene rings is 1. The zero-order valence-electron chi connectivity index (χ0n) is 11.6. The number of pyridine rings is 1. The summed E-state index contributed by atoms with van der Waals surface area (Å²) in [6, 6.07) is 9.22. The SMILES string of the molecule is CCNC(CC1CCC1)c1cccc2cnccc12. The summed E-state index contributed by atoms with van der Waals surface area (Å²) in [6.07, 6.45) is 9.38. The van der Waals surface area contributed by atoms with Gasteiger partial charge in [-0.15, -0.1) is 0 Å². The van der Waals surface area contributed by atoms with Gasteiger partial charge in [-0.1, -0.05) is 44.4 Å². The molecule has 3 rings (SSSR count). The first-order valence-corrected chi connectivity index (χ1v) is 7.44. The Labute approximate surface area is 115 Å². The van der Waals surface area contributed by atoms with Crippen LogP contribution in [0.5, 0.6) is 0 Å². The van der Waals surface area contributed by atoms with Crippen molar-refractivity contribution in [1.82, 2.24) is 10.3 Å². The molecule has 0 saturated heterocycles. The topological polar surface area (TPSA) is 24.9 Å². The van der Waals surface area contributed by atoms with Crippen LogP contribution in [0, 0.1) is 5.92 Å². The van der Waals surface area contributed by atoms with Crippen LogP contribution in [-0.4, -0.2) is 11.5 Å². The van der Waals surface area contributed by atoms with E-state index in [1.54, 1.807) is 0 Å². The van der Waals surface area contributed by atoms with Gasteiger partial charge in [-0.05, 0) is 35.9 Å². The summed E-state index contributed by atoms with van der Waals surface area (Å²) in [4.78, 5) is 4.23. The summed E-state index contributed by atoms with van der Waals surface area (Å²) in [7, 11) is 0. The highest BCUT2D eigenvalue weighted by Gasteiger charge is 2.23. The Bertz CT molecular complexity index is 540. The van der Waals surface area contributed by atoms with E-state index >= 15 is 0 Å². The first-order chi connectivity index (χ1) is 9.38. The smallest absolute Gasteiger partial charge is 0.0346 e. The summed E-state index contributed by atoms with van der Waals surface area (Å²) in [5.74, 6) is 0.918. The van der Waals surface area contributed by atoms with Crippen molar-refractivity contribution in [2.45, 2.75) is 38.6 Å². The summed E-state index contributed by atoms with van der Waals surface area (Å²) in [5.41, 5.74) is 1.44. The van der Waals surface area contributed by atoms with E-state index in [4.69, 9.17) is 0 Å². The average molecular weight is 254 g/mol. The van der Waals surface area contributed by atoms with Gasteiger partial charge in [-0.25, -0.2) is 0 Å². The fourth-order valence-corrected chi connectivity index (χ4v) is 3.08. The Morgan fingerprint density at radius 2 is 2.21 bits per heavy atom. The largest absolute Gasteiger partial charge is 0.310 e. The second-order valence-corrected chi connectivity index (χ2v) is 5.59. The molecule has 2 nitrogen and oxygen atoms in total. The molecule has 1 aromatic carbocycles. The molecule has 0 bridgehead atoms. The predicted octanol–water partition coefficient (Wildman–Crippen LogP) is 4.08. The van der Waals surface area contributed by atoms with E-state index in [0.717, 1.165) is 12.5 Å². The molecule has 1 heterocycles. The third-order valence-corrected chi connectivity index (χ3v) is 4.33. The number of fused-ring (bicyclic) bond motifs is 1. The number of aromatic nitrogens is 1. The summed E-state index contributed by atoms with van der Waals surface area (Å²) in [6.45, 7) is 3.22. The molecule has 0 aliphatic heterocycles. The van der Waals surface area contributed by atoms with Gasteiger partial charge in [0, 0.05) is 23.8 Å². The Hall–Kier alpha value is -1.41. The van der Waals surface area contributed by atoms with Gasteiger partial charge in [0.2, 0.25) is 0 Å². The molecule has 2 heteroatoms. The number of nitrogens with one attached hydrogen (secondary N) is 1. The van der Waals surface area contributed by atoms with Crippen molar-refractivity contribution in [2.75, 3.05) is 6.54 Å². The molecule has 1 unspecified atom stereocenters. The van der Waals surface area contributed by atoms with E-state index in [1.165, 1.54) is 42.0 Å². The third kappa shape index (κ3) is 2.64. The lowest BCUT2D eigenvalue weighted by Crippen LogP contribution is -2.26. The quantitative estimate of drug-likeness (QED) is 0.869. The van der Waals surface area contributed by atoms with Crippen LogP contribution in [0.25, 0.3) is 10.8 Å². The Balaban J connectivity index is 1.93. The predicted molar refractivity (Wildman–Crippen MR) is 80.1 cm³/mol. The third-order valence-electron chi connectivity index (χ3n) is 4.33.